The van der Waals surface area contributed by atoms with Crippen LogP contribution >= 0.6 is 0 Å². The van der Waals surface area contributed by atoms with Crippen LogP contribution in [0.5, 0.6) is 0 Å². The fourth-order valence-corrected chi connectivity index (χ4v) is 2.48. The Bertz CT molecular complexity index is 692. The zero-order chi connectivity index (χ0) is 15.0. The second kappa shape index (κ2) is 5.45. The molecule has 0 bridgehead atoms. The molecule has 3 rings (SSSR count). The summed E-state index contributed by atoms with van der Waals surface area (Å²) >= 11 is 0. The van der Waals surface area contributed by atoms with Gasteiger partial charge in [0.2, 0.25) is 0 Å². The number of aliphatic hydroxyl groups is 1. The zero-order valence-electron chi connectivity index (χ0n) is 12.4. The van der Waals surface area contributed by atoms with Crippen LogP contribution in [0.4, 0.5) is 0 Å². The van der Waals surface area contributed by atoms with Crippen molar-refractivity contribution in [3.63, 3.8) is 0 Å². The van der Waals surface area contributed by atoms with Crippen molar-refractivity contribution < 1.29 is 9.90 Å². The van der Waals surface area contributed by atoms with Crippen LogP contribution in [0.15, 0.2) is 24.3 Å². The van der Waals surface area contributed by atoms with Gasteiger partial charge in [0.1, 0.15) is 0 Å². The van der Waals surface area contributed by atoms with Gasteiger partial charge >= 0.3 is 0 Å². The largest absolute Gasteiger partial charge is 0.394 e. The summed E-state index contributed by atoms with van der Waals surface area (Å²) in [5.74, 6) is 0.356. The van der Waals surface area contributed by atoms with Crippen LogP contribution in [-0.2, 0) is 0 Å². The van der Waals surface area contributed by atoms with Gasteiger partial charge in [0.15, 0.2) is 0 Å². The lowest BCUT2D eigenvalue weighted by molar-refractivity contribution is 0.0924. The van der Waals surface area contributed by atoms with E-state index in [2.05, 4.69) is 5.32 Å². The summed E-state index contributed by atoms with van der Waals surface area (Å²) in [6, 6.07) is 7.65. The van der Waals surface area contributed by atoms with Crippen LogP contribution in [-0.4, -0.2) is 28.6 Å². The Morgan fingerprint density at radius 3 is 2.86 bits per heavy atom. The van der Waals surface area contributed by atoms with E-state index in [1.54, 1.807) is 6.92 Å². The van der Waals surface area contributed by atoms with E-state index in [0.717, 1.165) is 35.0 Å². The number of hydrogen-bond donors (Lipinski definition) is 2. The number of fused-ring (bicyclic) bond motifs is 1. The number of aliphatic hydroxyl groups excluding tert-OH is 1. The molecule has 2 N–H and O–H groups in total. The van der Waals surface area contributed by atoms with E-state index in [0.29, 0.717) is 11.5 Å². The number of hydrogen-bond acceptors (Lipinski definition) is 3. The molecule has 0 aliphatic heterocycles. The van der Waals surface area contributed by atoms with Gasteiger partial charge in [0, 0.05) is 23.0 Å². The average Bonchev–Trinajstić information content (AvgIpc) is 3.30. The Kier molecular flexibility index (Phi) is 3.64. The van der Waals surface area contributed by atoms with Gasteiger partial charge in [-0.25, -0.2) is 0 Å². The summed E-state index contributed by atoms with van der Waals surface area (Å²) in [6.45, 7) is 3.73. The maximum atomic E-state index is 12.5. The first-order valence-corrected chi connectivity index (χ1v) is 7.41. The minimum atomic E-state index is -0.255. The number of nitrogens with zero attached hydrogens (tertiary/aromatic N) is 1. The van der Waals surface area contributed by atoms with Gasteiger partial charge in [-0.3, -0.25) is 9.78 Å². The number of rotatable bonds is 4. The maximum absolute atomic E-state index is 12.5. The molecule has 1 fully saturated rings. The molecule has 1 aromatic heterocycles. The van der Waals surface area contributed by atoms with Gasteiger partial charge in [-0.2, -0.15) is 0 Å². The van der Waals surface area contributed by atoms with Crippen molar-refractivity contribution in [1.82, 2.24) is 10.3 Å². The van der Waals surface area contributed by atoms with E-state index < -0.39 is 0 Å². The molecule has 0 spiro atoms. The Morgan fingerprint density at radius 2 is 2.19 bits per heavy atom. The van der Waals surface area contributed by atoms with Crippen molar-refractivity contribution in [3.8, 4) is 0 Å². The highest BCUT2D eigenvalue weighted by atomic mass is 16.3. The number of amides is 1. The predicted octanol–water partition coefficient (Wildman–Crippen LogP) is 2.53. The first-order chi connectivity index (χ1) is 10.1. The minimum Gasteiger partial charge on any atom is -0.394 e. The number of nitrogens with one attached hydrogen (secondary N) is 1. The molecule has 1 amide bonds. The monoisotopic (exact) mass is 284 g/mol. The van der Waals surface area contributed by atoms with E-state index in [1.807, 2.05) is 31.2 Å². The van der Waals surface area contributed by atoms with Crippen LogP contribution < -0.4 is 5.32 Å². The summed E-state index contributed by atoms with van der Waals surface area (Å²) in [5, 5.41) is 12.8. The van der Waals surface area contributed by atoms with Crippen molar-refractivity contribution in [3.05, 3.63) is 41.1 Å². The molecule has 0 radical (unpaired) electrons. The summed E-state index contributed by atoms with van der Waals surface area (Å²) in [4.78, 5) is 17.2. The van der Waals surface area contributed by atoms with Crippen LogP contribution in [0.2, 0.25) is 0 Å². The molecule has 1 heterocycles. The third-order valence-corrected chi connectivity index (χ3v) is 3.88. The average molecular weight is 284 g/mol. The van der Waals surface area contributed by atoms with Crippen LogP contribution in [0.3, 0.4) is 0 Å². The lowest BCUT2D eigenvalue weighted by Gasteiger charge is -2.14. The molecule has 4 heteroatoms. The third kappa shape index (κ3) is 2.90. The Balaban J connectivity index is 2.08. The first kappa shape index (κ1) is 14.0. The lowest BCUT2D eigenvalue weighted by atomic mass is 10.0. The zero-order valence-corrected chi connectivity index (χ0v) is 12.4. The summed E-state index contributed by atoms with van der Waals surface area (Å²) in [7, 11) is 0. The standard InChI is InChI=1S/C17H20N2O2/c1-10-3-6-15-13(7-10)14(17(21)18-11(2)9-20)8-16(19-15)12-4-5-12/h3,6-8,11-12,20H,4-5,9H2,1-2H3,(H,18,21). The highest BCUT2D eigenvalue weighted by Gasteiger charge is 2.27. The number of benzene rings is 1. The SMILES string of the molecule is Cc1ccc2nc(C3CC3)cc(C(=O)NC(C)CO)c2c1. The highest BCUT2D eigenvalue weighted by Crippen LogP contribution is 2.40. The molecule has 0 saturated heterocycles. The van der Waals surface area contributed by atoms with Crippen LogP contribution in [0.1, 0.15) is 47.3 Å². The molecular formula is C17H20N2O2. The Labute approximate surface area is 124 Å². The van der Waals surface area contributed by atoms with Gasteiger partial charge < -0.3 is 10.4 Å². The number of aryl methyl sites for hydroxylation is 1. The third-order valence-electron chi connectivity index (χ3n) is 3.88. The molecule has 21 heavy (non-hydrogen) atoms. The summed E-state index contributed by atoms with van der Waals surface area (Å²) in [5.41, 5.74) is 3.64. The maximum Gasteiger partial charge on any atom is 0.252 e. The fourth-order valence-electron chi connectivity index (χ4n) is 2.48. The summed E-state index contributed by atoms with van der Waals surface area (Å²) < 4.78 is 0. The normalized spacial score (nSPS) is 16.0. The van der Waals surface area contributed by atoms with Gasteiger partial charge in [-0.05, 0) is 44.9 Å². The molecule has 1 aliphatic rings. The molecule has 4 nitrogen and oxygen atoms in total. The van der Waals surface area contributed by atoms with E-state index >= 15 is 0 Å². The van der Waals surface area contributed by atoms with Crippen LogP contribution in [0, 0.1) is 6.92 Å². The molecule has 1 aromatic carbocycles. The van der Waals surface area contributed by atoms with Gasteiger partial charge in [0.25, 0.3) is 5.91 Å². The Morgan fingerprint density at radius 1 is 1.43 bits per heavy atom. The number of carbonyl (C=O) groups is 1. The van der Waals surface area contributed by atoms with E-state index in [9.17, 15) is 4.79 Å². The van der Waals surface area contributed by atoms with E-state index in [1.165, 1.54) is 0 Å². The van der Waals surface area contributed by atoms with Gasteiger partial charge in [-0.15, -0.1) is 0 Å². The van der Waals surface area contributed by atoms with E-state index in [-0.39, 0.29) is 18.6 Å². The first-order valence-electron chi connectivity index (χ1n) is 7.41. The van der Waals surface area contributed by atoms with Crippen LogP contribution in [0.25, 0.3) is 10.9 Å². The van der Waals surface area contributed by atoms with Gasteiger partial charge in [0.05, 0.1) is 17.7 Å². The summed E-state index contributed by atoms with van der Waals surface area (Å²) in [6.07, 6.45) is 2.30. The quantitative estimate of drug-likeness (QED) is 0.907. The molecule has 1 saturated carbocycles. The predicted molar refractivity (Wildman–Crippen MR) is 82.5 cm³/mol. The van der Waals surface area contributed by atoms with Crippen molar-refractivity contribution in [2.45, 2.75) is 38.6 Å². The smallest absolute Gasteiger partial charge is 0.252 e. The lowest BCUT2D eigenvalue weighted by Crippen LogP contribution is -2.35. The molecule has 1 aliphatic carbocycles. The fraction of sp³-hybridized carbons (Fsp3) is 0.412. The number of pyridine rings is 1. The molecular weight excluding hydrogens is 264 g/mol. The minimum absolute atomic E-state index is 0.0662. The topological polar surface area (TPSA) is 62.2 Å². The molecule has 110 valence electrons. The number of carbonyl (C=O) groups excluding carboxylic acids is 1. The van der Waals surface area contributed by atoms with Crippen molar-refractivity contribution in [2.75, 3.05) is 6.61 Å². The van der Waals surface area contributed by atoms with Crippen molar-refractivity contribution in [2.24, 2.45) is 0 Å². The second-order valence-corrected chi connectivity index (χ2v) is 5.95. The van der Waals surface area contributed by atoms with Gasteiger partial charge in [-0.1, -0.05) is 11.6 Å². The Hall–Kier alpha value is -1.94. The second-order valence-electron chi connectivity index (χ2n) is 5.95. The van der Waals surface area contributed by atoms with Crippen molar-refractivity contribution in [1.29, 1.82) is 0 Å². The molecule has 2 aromatic rings. The molecule has 1 atom stereocenters. The number of aromatic nitrogens is 1. The molecule has 1 unspecified atom stereocenters. The highest BCUT2D eigenvalue weighted by molar-refractivity contribution is 6.06. The van der Waals surface area contributed by atoms with E-state index in [4.69, 9.17) is 10.1 Å². The van der Waals surface area contributed by atoms with Crippen molar-refractivity contribution >= 4 is 16.8 Å².